The second-order valence-corrected chi connectivity index (χ2v) is 17.1. The first-order valence-corrected chi connectivity index (χ1v) is 22.5. The van der Waals surface area contributed by atoms with Gasteiger partial charge in [-0.25, -0.2) is 10.2 Å². The van der Waals surface area contributed by atoms with Crippen LogP contribution in [0.1, 0.15) is 0 Å². The highest BCUT2D eigenvalue weighted by molar-refractivity contribution is 6.18. The smallest absolute Gasteiger partial charge is 0.183 e. The van der Waals surface area contributed by atoms with E-state index in [1.54, 1.807) is 0 Å². The van der Waals surface area contributed by atoms with Crippen molar-refractivity contribution in [3.8, 4) is 45.5 Å². The van der Waals surface area contributed by atoms with E-state index in [1.807, 2.05) is 0 Å². The van der Waals surface area contributed by atoms with Crippen molar-refractivity contribution in [2.24, 2.45) is 0 Å². The molecule has 0 radical (unpaired) electrons. The molecule has 68 heavy (non-hydrogen) atoms. The molecule has 15 rings (SSSR count). The van der Waals surface area contributed by atoms with Gasteiger partial charge in [0.15, 0.2) is 11.6 Å². The molecule has 0 fully saturated rings. The molecule has 6 heterocycles. The molecule has 0 aliphatic carbocycles. The number of hydrogen-bond acceptors (Lipinski definition) is 6. The number of nitrogens with one attached hydrogen (secondary N) is 2. The molecular formula is C56H34N12. The normalized spacial score (nSPS) is 12.1. The van der Waals surface area contributed by atoms with E-state index in [2.05, 4.69) is 243 Å². The lowest BCUT2D eigenvalue weighted by Crippen LogP contribution is -2.16. The zero-order valence-corrected chi connectivity index (χ0v) is 35.9. The molecule has 2 N–H and O–H groups in total. The fourth-order valence-corrected chi connectivity index (χ4v) is 11.2. The predicted molar refractivity (Wildman–Crippen MR) is 270 cm³/mol. The van der Waals surface area contributed by atoms with Gasteiger partial charge in [-0.1, -0.05) is 146 Å². The molecule has 0 atom stereocenters. The van der Waals surface area contributed by atoms with E-state index in [0.717, 1.165) is 121 Å². The molecule has 0 amide bonds. The summed E-state index contributed by atoms with van der Waals surface area (Å²) in [7, 11) is 0. The standard InChI is InChI=1S/C56H34N12/c1-9-25-41-33(17-1)34-18-2-10-26-42(34)65(41)51-49(55-57-61-62-58-55)52(66-43-27-11-3-19-35(43)36-20-4-12-28-44(36)66)54(68-47-31-15-7-23-39(47)40-24-8-16-32-48(40)68)53(50(51)56-59-63-64-60-56)67-45-29-13-5-21-37(45)38-22-6-14-30-46(38)67/h1-32H,(H,57,58,61,62)(H,59,60,63,64). The van der Waals surface area contributed by atoms with Crippen LogP contribution in [0, 0.1) is 0 Å². The number of benzene rings is 9. The molecule has 12 nitrogen and oxygen atoms in total. The Morgan fingerprint density at radius 1 is 0.250 bits per heavy atom. The number of para-hydroxylation sites is 8. The monoisotopic (exact) mass is 874 g/mol. The van der Waals surface area contributed by atoms with Crippen LogP contribution >= 0.6 is 0 Å². The van der Waals surface area contributed by atoms with Crippen molar-refractivity contribution in [2.75, 3.05) is 0 Å². The van der Waals surface area contributed by atoms with Crippen molar-refractivity contribution in [1.29, 1.82) is 0 Å². The Morgan fingerprint density at radius 3 is 0.706 bits per heavy atom. The summed E-state index contributed by atoms with van der Waals surface area (Å²) in [5.74, 6) is 0.923. The Kier molecular flexibility index (Phi) is 7.50. The van der Waals surface area contributed by atoms with Gasteiger partial charge in [0.2, 0.25) is 0 Å². The number of aromatic amines is 2. The van der Waals surface area contributed by atoms with Gasteiger partial charge >= 0.3 is 0 Å². The summed E-state index contributed by atoms with van der Waals surface area (Å²) in [6.45, 7) is 0. The Balaban J connectivity index is 1.34. The lowest BCUT2D eigenvalue weighted by Gasteiger charge is -2.29. The molecule has 9 aromatic carbocycles. The molecule has 15 aromatic rings. The first-order valence-electron chi connectivity index (χ1n) is 22.5. The van der Waals surface area contributed by atoms with Crippen LogP contribution in [0.25, 0.3) is 133 Å². The fraction of sp³-hybridized carbons (Fsp3) is 0. The van der Waals surface area contributed by atoms with Gasteiger partial charge < -0.3 is 18.3 Å². The van der Waals surface area contributed by atoms with Gasteiger partial charge in [-0.05, 0) is 69.4 Å². The highest BCUT2D eigenvalue weighted by Crippen LogP contribution is 2.53. The summed E-state index contributed by atoms with van der Waals surface area (Å²) in [6, 6.07) is 69.0. The van der Waals surface area contributed by atoms with Crippen molar-refractivity contribution in [3.63, 3.8) is 0 Å². The predicted octanol–water partition coefficient (Wildman–Crippen LogP) is 12.4. The van der Waals surface area contributed by atoms with Crippen molar-refractivity contribution in [2.45, 2.75) is 0 Å². The number of H-pyrrole nitrogens is 2. The van der Waals surface area contributed by atoms with Crippen LogP contribution in [0.2, 0.25) is 0 Å². The van der Waals surface area contributed by atoms with Crippen LogP contribution in [-0.2, 0) is 0 Å². The van der Waals surface area contributed by atoms with Crippen molar-refractivity contribution < 1.29 is 0 Å². The molecule has 0 bridgehead atoms. The molecule has 0 saturated heterocycles. The van der Waals surface area contributed by atoms with Crippen molar-refractivity contribution in [3.05, 3.63) is 194 Å². The molecular weight excluding hydrogens is 841 g/mol. The second-order valence-electron chi connectivity index (χ2n) is 17.1. The van der Waals surface area contributed by atoms with Crippen LogP contribution in [0.3, 0.4) is 0 Å². The maximum Gasteiger partial charge on any atom is 0.183 e. The van der Waals surface area contributed by atoms with E-state index < -0.39 is 0 Å². The van der Waals surface area contributed by atoms with Gasteiger partial charge in [-0.2, -0.15) is 0 Å². The van der Waals surface area contributed by atoms with E-state index in [4.69, 9.17) is 10.2 Å². The van der Waals surface area contributed by atoms with Gasteiger partial charge in [0.25, 0.3) is 0 Å². The number of hydrogen-bond donors (Lipinski definition) is 2. The van der Waals surface area contributed by atoms with Crippen LogP contribution in [0.15, 0.2) is 194 Å². The van der Waals surface area contributed by atoms with E-state index in [1.165, 1.54) is 0 Å². The maximum atomic E-state index is 4.89. The summed E-state index contributed by atoms with van der Waals surface area (Å²) in [5.41, 5.74) is 12.9. The third kappa shape index (κ3) is 4.86. The van der Waals surface area contributed by atoms with Gasteiger partial charge in [-0.3, -0.25) is 0 Å². The number of fused-ring (bicyclic) bond motifs is 12. The minimum Gasteiger partial charge on any atom is -0.308 e. The Labute approximate surface area is 384 Å². The highest BCUT2D eigenvalue weighted by Gasteiger charge is 2.37. The SMILES string of the molecule is c1ccc2c(c1)c1ccccc1n2-c1c(-c2nnn[nH]2)c(-n2c3ccccc3c3ccccc32)c(-n2c3ccccc3c3ccccc32)c(-n2c3ccccc3c3ccccc32)c1-c1nnn[nH]1. The summed E-state index contributed by atoms with van der Waals surface area (Å²) >= 11 is 0. The quantitative estimate of drug-likeness (QED) is 0.171. The van der Waals surface area contributed by atoms with Gasteiger partial charge in [0.05, 0.1) is 78.0 Å². The van der Waals surface area contributed by atoms with Crippen molar-refractivity contribution in [1.82, 2.24) is 59.5 Å². The molecule has 12 heteroatoms. The third-order valence-electron chi connectivity index (χ3n) is 13.8. The summed E-state index contributed by atoms with van der Waals surface area (Å²) in [4.78, 5) is 0. The first kappa shape index (κ1) is 36.6. The van der Waals surface area contributed by atoms with Gasteiger partial charge in [0.1, 0.15) is 0 Å². The molecule has 0 aliphatic heterocycles. The van der Waals surface area contributed by atoms with Crippen LogP contribution in [0.4, 0.5) is 0 Å². The lowest BCUT2D eigenvalue weighted by atomic mass is 9.96. The molecule has 0 saturated carbocycles. The largest absolute Gasteiger partial charge is 0.308 e. The summed E-state index contributed by atoms with van der Waals surface area (Å²) in [6.07, 6.45) is 0. The summed E-state index contributed by atoms with van der Waals surface area (Å²) in [5, 5.41) is 42.6. The Bertz CT molecular complexity index is 4120. The maximum absolute atomic E-state index is 4.89. The van der Waals surface area contributed by atoms with Crippen LogP contribution < -0.4 is 0 Å². The molecule has 6 aromatic heterocycles. The average Bonchev–Trinajstić information content (AvgIpc) is 4.28. The zero-order chi connectivity index (χ0) is 44.5. The number of tetrazole rings is 2. The molecule has 0 spiro atoms. The minimum atomic E-state index is 0.461. The zero-order valence-electron chi connectivity index (χ0n) is 35.9. The third-order valence-corrected chi connectivity index (χ3v) is 13.8. The van der Waals surface area contributed by atoms with Gasteiger partial charge in [0, 0.05) is 43.1 Å². The lowest BCUT2D eigenvalue weighted by molar-refractivity contribution is 0.881. The fourth-order valence-electron chi connectivity index (χ4n) is 11.2. The van der Waals surface area contributed by atoms with E-state index >= 15 is 0 Å². The second kappa shape index (κ2) is 13.9. The van der Waals surface area contributed by atoms with E-state index in [9.17, 15) is 0 Å². The van der Waals surface area contributed by atoms with E-state index in [0.29, 0.717) is 11.6 Å². The molecule has 0 aliphatic rings. The van der Waals surface area contributed by atoms with Gasteiger partial charge in [-0.15, -0.1) is 10.2 Å². The van der Waals surface area contributed by atoms with E-state index in [-0.39, 0.29) is 0 Å². The van der Waals surface area contributed by atoms with Crippen LogP contribution in [0.5, 0.6) is 0 Å². The summed E-state index contributed by atoms with van der Waals surface area (Å²) < 4.78 is 9.61. The Morgan fingerprint density at radius 2 is 0.471 bits per heavy atom. The minimum absolute atomic E-state index is 0.461. The highest BCUT2D eigenvalue weighted by atomic mass is 15.5. The number of aromatic nitrogens is 12. The molecule has 0 unspecified atom stereocenters. The first-order chi connectivity index (χ1) is 33.8. The van der Waals surface area contributed by atoms with Crippen LogP contribution in [-0.4, -0.2) is 59.5 Å². The number of rotatable bonds is 6. The average molecular weight is 875 g/mol. The number of nitrogens with zero attached hydrogens (tertiary/aromatic N) is 10. The van der Waals surface area contributed by atoms with Crippen molar-refractivity contribution >= 4 is 87.2 Å². The molecule has 318 valence electrons. The topological polar surface area (TPSA) is 129 Å². The Hall–Kier alpha value is -9.68.